The summed E-state index contributed by atoms with van der Waals surface area (Å²) >= 11 is 1.73. The van der Waals surface area contributed by atoms with Crippen LogP contribution in [0.3, 0.4) is 0 Å². The average Bonchev–Trinajstić information content (AvgIpc) is 2.49. The third kappa shape index (κ3) is 2.86. The molecule has 0 saturated carbocycles. The van der Waals surface area contributed by atoms with E-state index >= 15 is 0 Å². The van der Waals surface area contributed by atoms with Gasteiger partial charge in [-0.05, 0) is 29.8 Å². The van der Waals surface area contributed by atoms with Crippen LogP contribution in [0.25, 0.3) is 11.1 Å². The van der Waals surface area contributed by atoms with Crippen LogP contribution in [0, 0.1) is 0 Å². The van der Waals surface area contributed by atoms with Crippen LogP contribution in [-0.2, 0) is 0 Å². The maximum absolute atomic E-state index is 6.19. The molecule has 0 spiro atoms. The number of benzene rings is 3. The predicted octanol–water partition coefficient (Wildman–Crippen LogP) is 5.09. The summed E-state index contributed by atoms with van der Waals surface area (Å²) in [4.78, 5) is 2.38. The molecular weight excluding hydrogens is 262 g/mol. The van der Waals surface area contributed by atoms with E-state index in [9.17, 15) is 0 Å². The molecule has 0 saturated heterocycles. The molecular formula is C18H15NS. The highest BCUT2D eigenvalue weighted by Gasteiger charge is 2.04. The van der Waals surface area contributed by atoms with E-state index in [0.29, 0.717) is 0 Å². The lowest BCUT2D eigenvalue weighted by Gasteiger charge is -2.08. The highest BCUT2D eigenvalue weighted by atomic mass is 32.2. The third-order valence-electron chi connectivity index (χ3n) is 3.09. The van der Waals surface area contributed by atoms with Gasteiger partial charge in [0.15, 0.2) is 0 Å². The van der Waals surface area contributed by atoms with Gasteiger partial charge in [0, 0.05) is 21.0 Å². The minimum Gasteiger partial charge on any atom is -0.398 e. The maximum Gasteiger partial charge on any atom is 0.0405 e. The molecule has 0 unspecified atom stereocenters. The SMILES string of the molecule is Nc1cc(Sc2ccccc2)ccc1-c1ccccc1. The molecule has 3 aromatic rings. The van der Waals surface area contributed by atoms with E-state index in [1.807, 2.05) is 42.5 Å². The van der Waals surface area contributed by atoms with Crippen LogP contribution >= 0.6 is 11.8 Å². The van der Waals surface area contributed by atoms with Gasteiger partial charge in [0.1, 0.15) is 0 Å². The van der Waals surface area contributed by atoms with Gasteiger partial charge in [-0.25, -0.2) is 0 Å². The van der Waals surface area contributed by atoms with Gasteiger partial charge in [-0.3, -0.25) is 0 Å². The number of hydrogen-bond acceptors (Lipinski definition) is 2. The first-order valence-electron chi connectivity index (χ1n) is 6.51. The summed E-state index contributed by atoms with van der Waals surface area (Å²) in [7, 11) is 0. The molecule has 2 N–H and O–H groups in total. The molecule has 0 aliphatic rings. The molecule has 0 bridgehead atoms. The zero-order chi connectivity index (χ0) is 13.8. The fourth-order valence-electron chi connectivity index (χ4n) is 2.11. The molecule has 98 valence electrons. The van der Waals surface area contributed by atoms with Crippen molar-refractivity contribution in [3.8, 4) is 11.1 Å². The molecule has 0 aliphatic heterocycles. The van der Waals surface area contributed by atoms with Crippen LogP contribution in [-0.4, -0.2) is 0 Å². The Morgan fingerprint density at radius 3 is 1.95 bits per heavy atom. The Balaban J connectivity index is 1.88. The van der Waals surface area contributed by atoms with Crippen LogP contribution < -0.4 is 5.73 Å². The van der Waals surface area contributed by atoms with Crippen molar-refractivity contribution < 1.29 is 0 Å². The lowest BCUT2D eigenvalue weighted by molar-refractivity contribution is 1.41. The predicted molar refractivity (Wildman–Crippen MR) is 86.9 cm³/mol. The number of hydrogen-bond donors (Lipinski definition) is 1. The fraction of sp³-hybridized carbons (Fsp3) is 0. The molecule has 0 heterocycles. The van der Waals surface area contributed by atoms with Crippen molar-refractivity contribution in [2.75, 3.05) is 5.73 Å². The second kappa shape index (κ2) is 5.85. The second-order valence-corrected chi connectivity index (χ2v) is 5.68. The quantitative estimate of drug-likeness (QED) is 0.675. The Morgan fingerprint density at radius 2 is 1.30 bits per heavy atom. The third-order valence-corrected chi connectivity index (χ3v) is 4.08. The largest absolute Gasteiger partial charge is 0.398 e. The van der Waals surface area contributed by atoms with Gasteiger partial charge in [-0.1, -0.05) is 66.4 Å². The van der Waals surface area contributed by atoms with E-state index in [-0.39, 0.29) is 0 Å². The van der Waals surface area contributed by atoms with E-state index in [0.717, 1.165) is 21.7 Å². The molecule has 0 amide bonds. The van der Waals surface area contributed by atoms with Crippen LogP contribution in [0.5, 0.6) is 0 Å². The monoisotopic (exact) mass is 277 g/mol. The first kappa shape index (κ1) is 12.8. The van der Waals surface area contributed by atoms with Crippen LogP contribution in [0.4, 0.5) is 5.69 Å². The molecule has 0 aromatic heterocycles. The summed E-state index contributed by atoms with van der Waals surface area (Å²) in [5.41, 5.74) is 9.25. The number of rotatable bonds is 3. The van der Waals surface area contributed by atoms with E-state index < -0.39 is 0 Å². The van der Waals surface area contributed by atoms with Crippen molar-refractivity contribution in [1.29, 1.82) is 0 Å². The Morgan fingerprint density at radius 1 is 0.650 bits per heavy atom. The standard InChI is InChI=1S/C18H15NS/c19-18-13-16(20-15-9-5-2-6-10-15)11-12-17(18)14-7-3-1-4-8-14/h1-13H,19H2. The van der Waals surface area contributed by atoms with Crippen molar-refractivity contribution in [3.63, 3.8) is 0 Å². The van der Waals surface area contributed by atoms with Crippen molar-refractivity contribution >= 4 is 17.4 Å². The Hall–Kier alpha value is -2.19. The summed E-state index contributed by atoms with van der Waals surface area (Å²) in [6.07, 6.45) is 0. The highest BCUT2D eigenvalue weighted by molar-refractivity contribution is 7.99. The van der Waals surface area contributed by atoms with Gasteiger partial charge in [-0.2, -0.15) is 0 Å². The molecule has 1 nitrogen and oxygen atoms in total. The molecule has 0 aliphatic carbocycles. The molecule has 20 heavy (non-hydrogen) atoms. The van der Waals surface area contributed by atoms with Gasteiger partial charge in [0.25, 0.3) is 0 Å². The summed E-state index contributed by atoms with van der Waals surface area (Å²) in [6.45, 7) is 0. The Bertz CT molecular complexity index is 693. The van der Waals surface area contributed by atoms with Gasteiger partial charge in [0.05, 0.1) is 0 Å². The topological polar surface area (TPSA) is 26.0 Å². The van der Waals surface area contributed by atoms with Gasteiger partial charge in [-0.15, -0.1) is 0 Å². The maximum atomic E-state index is 6.19. The Labute approximate surface area is 123 Å². The van der Waals surface area contributed by atoms with Crippen molar-refractivity contribution in [1.82, 2.24) is 0 Å². The minimum atomic E-state index is 0.817. The van der Waals surface area contributed by atoms with Crippen molar-refractivity contribution in [3.05, 3.63) is 78.9 Å². The zero-order valence-corrected chi connectivity index (χ0v) is 11.8. The van der Waals surface area contributed by atoms with Crippen LogP contribution in [0.1, 0.15) is 0 Å². The first-order chi connectivity index (χ1) is 9.83. The van der Waals surface area contributed by atoms with Gasteiger partial charge in [0.2, 0.25) is 0 Å². The number of nitrogen functional groups attached to an aromatic ring is 1. The van der Waals surface area contributed by atoms with Crippen LogP contribution in [0.15, 0.2) is 88.7 Å². The molecule has 0 radical (unpaired) electrons. The van der Waals surface area contributed by atoms with E-state index in [4.69, 9.17) is 5.73 Å². The summed E-state index contributed by atoms with van der Waals surface area (Å²) in [6, 6.07) is 26.8. The molecule has 3 rings (SSSR count). The van der Waals surface area contributed by atoms with Crippen molar-refractivity contribution in [2.45, 2.75) is 9.79 Å². The smallest absolute Gasteiger partial charge is 0.0405 e. The van der Waals surface area contributed by atoms with E-state index in [1.165, 1.54) is 4.90 Å². The molecule has 3 aromatic carbocycles. The summed E-state index contributed by atoms with van der Waals surface area (Å²) < 4.78 is 0. The summed E-state index contributed by atoms with van der Waals surface area (Å²) in [5, 5.41) is 0. The van der Waals surface area contributed by atoms with Crippen molar-refractivity contribution in [2.24, 2.45) is 0 Å². The number of nitrogens with two attached hydrogens (primary N) is 1. The summed E-state index contributed by atoms with van der Waals surface area (Å²) in [5.74, 6) is 0. The molecule has 0 fully saturated rings. The highest BCUT2D eigenvalue weighted by Crippen LogP contribution is 2.33. The normalized spacial score (nSPS) is 10.4. The van der Waals surface area contributed by atoms with Gasteiger partial charge < -0.3 is 5.73 Å². The molecule has 0 atom stereocenters. The lowest BCUT2D eigenvalue weighted by atomic mass is 10.0. The van der Waals surface area contributed by atoms with E-state index in [2.05, 4.69) is 36.4 Å². The average molecular weight is 277 g/mol. The fourth-order valence-corrected chi connectivity index (χ4v) is 3.00. The molecule has 2 heteroatoms. The van der Waals surface area contributed by atoms with Gasteiger partial charge >= 0.3 is 0 Å². The van der Waals surface area contributed by atoms with E-state index in [1.54, 1.807) is 11.8 Å². The zero-order valence-electron chi connectivity index (χ0n) is 11.0. The Kier molecular flexibility index (Phi) is 3.75. The second-order valence-electron chi connectivity index (χ2n) is 4.53. The lowest BCUT2D eigenvalue weighted by Crippen LogP contribution is -1.90. The number of anilines is 1. The first-order valence-corrected chi connectivity index (χ1v) is 7.32. The minimum absolute atomic E-state index is 0.817. The van der Waals surface area contributed by atoms with Crippen LogP contribution in [0.2, 0.25) is 0 Å².